The molecule has 2 saturated heterocycles. The van der Waals surface area contributed by atoms with E-state index in [1.807, 2.05) is 7.05 Å². The van der Waals surface area contributed by atoms with Crippen LogP contribution in [0.4, 0.5) is 4.79 Å². The number of hydrogen-bond donors (Lipinski definition) is 2. The molecule has 2 N–H and O–H groups in total. The standard InChI is InChI=1S/C17H28N4O3.ClH/c1-18-9-4-13-5-10-20(11-6-13)14(22)12-21-15(23)17(19-16(21)24)7-2-3-8-17;/h13,18H,2-12H2,1H3,(H,19,24);1H. The number of amides is 4. The van der Waals surface area contributed by atoms with Crippen molar-refractivity contribution in [3.63, 3.8) is 0 Å². The van der Waals surface area contributed by atoms with Crippen molar-refractivity contribution in [2.45, 2.75) is 50.5 Å². The van der Waals surface area contributed by atoms with Crippen LogP contribution in [-0.2, 0) is 9.59 Å². The number of imide groups is 1. The lowest BCUT2D eigenvalue weighted by atomic mass is 9.93. The van der Waals surface area contributed by atoms with E-state index in [-0.39, 0.29) is 30.8 Å². The molecule has 25 heavy (non-hydrogen) atoms. The van der Waals surface area contributed by atoms with Gasteiger partial charge in [-0.2, -0.15) is 0 Å². The third kappa shape index (κ3) is 4.08. The zero-order chi connectivity index (χ0) is 17.2. The topological polar surface area (TPSA) is 81.8 Å². The molecule has 0 unspecified atom stereocenters. The minimum absolute atomic E-state index is 0. The van der Waals surface area contributed by atoms with Crippen molar-refractivity contribution in [2.75, 3.05) is 33.2 Å². The monoisotopic (exact) mass is 372 g/mol. The van der Waals surface area contributed by atoms with Crippen LogP contribution in [0.15, 0.2) is 0 Å². The van der Waals surface area contributed by atoms with E-state index in [9.17, 15) is 14.4 Å². The van der Waals surface area contributed by atoms with Gasteiger partial charge < -0.3 is 15.5 Å². The highest BCUT2D eigenvalue weighted by Crippen LogP contribution is 2.35. The van der Waals surface area contributed by atoms with E-state index < -0.39 is 11.6 Å². The minimum Gasteiger partial charge on any atom is -0.341 e. The second-order valence-electron chi connectivity index (χ2n) is 7.33. The molecule has 0 aromatic rings. The first-order valence-corrected chi connectivity index (χ1v) is 9.12. The Balaban J connectivity index is 0.00000225. The van der Waals surface area contributed by atoms with Crippen LogP contribution in [0.5, 0.6) is 0 Å². The third-order valence-corrected chi connectivity index (χ3v) is 5.77. The van der Waals surface area contributed by atoms with Crippen LogP contribution in [0.25, 0.3) is 0 Å². The molecule has 1 aliphatic carbocycles. The minimum atomic E-state index is -0.725. The Morgan fingerprint density at radius 1 is 1.24 bits per heavy atom. The van der Waals surface area contributed by atoms with Gasteiger partial charge >= 0.3 is 6.03 Å². The van der Waals surface area contributed by atoms with Gasteiger partial charge in [0.2, 0.25) is 5.91 Å². The van der Waals surface area contributed by atoms with Crippen LogP contribution < -0.4 is 10.6 Å². The van der Waals surface area contributed by atoms with Crippen molar-refractivity contribution in [1.82, 2.24) is 20.4 Å². The van der Waals surface area contributed by atoms with Gasteiger partial charge in [0, 0.05) is 13.1 Å². The van der Waals surface area contributed by atoms with Crippen LogP contribution in [0.3, 0.4) is 0 Å². The first kappa shape index (κ1) is 20.0. The zero-order valence-electron chi connectivity index (χ0n) is 14.9. The smallest absolute Gasteiger partial charge is 0.325 e. The normalized spacial score (nSPS) is 23.1. The number of likely N-dealkylation sites (tertiary alicyclic amines) is 1. The number of rotatable bonds is 5. The number of piperidine rings is 1. The van der Waals surface area contributed by atoms with E-state index in [0.717, 1.165) is 56.6 Å². The first-order valence-electron chi connectivity index (χ1n) is 9.12. The molecule has 2 aliphatic heterocycles. The second-order valence-corrected chi connectivity index (χ2v) is 7.33. The van der Waals surface area contributed by atoms with Gasteiger partial charge in [-0.1, -0.05) is 12.8 Å². The Hall–Kier alpha value is -1.34. The molecule has 0 bridgehead atoms. The number of halogens is 1. The highest BCUT2D eigenvalue weighted by Gasteiger charge is 2.52. The average Bonchev–Trinajstić information content (AvgIpc) is 3.14. The van der Waals surface area contributed by atoms with Gasteiger partial charge in [-0.15, -0.1) is 12.4 Å². The number of nitrogens with one attached hydrogen (secondary N) is 2. The summed E-state index contributed by atoms with van der Waals surface area (Å²) in [5.74, 6) is 0.336. The van der Waals surface area contributed by atoms with Gasteiger partial charge in [-0.05, 0) is 51.6 Å². The molecular weight excluding hydrogens is 344 g/mol. The van der Waals surface area contributed by atoms with Crippen LogP contribution in [-0.4, -0.2) is 66.4 Å². The average molecular weight is 373 g/mol. The quantitative estimate of drug-likeness (QED) is 0.708. The summed E-state index contributed by atoms with van der Waals surface area (Å²) in [4.78, 5) is 40.2. The maximum atomic E-state index is 12.6. The lowest BCUT2D eigenvalue weighted by Crippen LogP contribution is -2.47. The molecule has 3 fully saturated rings. The SMILES string of the molecule is CNCCC1CCN(C(=O)CN2C(=O)NC3(CCCC3)C2=O)CC1.Cl. The van der Waals surface area contributed by atoms with E-state index in [1.165, 1.54) is 0 Å². The van der Waals surface area contributed by atoms with Crippen LogP contribution in [0.2, 0.25) is 0 Å². The lowest BCUT2D eigenvalue weighted by molar-refractivity contribution is -0.139. The molecule has 7 nitrogen and oxygen atoms in total. The number of carbonyl (C=O) groups is 3. The molecule has 8 heteroatoms. The van der Waals surface area contributed by atoms with E-state index >= 15 is 0 Å². The number of nitrogens with zero attached hydrogens (tertiary/aromatic N) is 2. The molecule has 1 spiro atoms. The first-order chi connectivity index (χ1) is 11.6. The van der Waals surface area contributed by atoms with Crippen molar-refractivity contribution in [2.24, 2.45) is 5.92 Å². The van der Waals surface area contributed by atoms with Crippen molar-refractivity contribution in [3.8, 4) is 0 Å². The summed E-state index contributed by atoms with van der Waals surface area (Å²) in [6.45, 7) is 2.33. The Morgan fingerprint density at radius 2 is 1.88 bits per heavy atom. The van der Waals surface area contributed by atoms with E-state index in [0.29, 0.717) is 18.8 Å². The van der Waals surface area contributed by atoms with Crippen molar-refractivity contribution >= 4 is 30.3 Å². The maximum Gasteiger partial charge on any atom is 0.325 e. The summed E-state index contributed by atoms with van der Waals surface area (Å²) >= 11 is 0. The molecule has 3 rings (SSSR count). The predicted molar refractivity (Wildman–Crippen MR) is 96.5 cm³/mol. The van der Waals surface area contributed by atoms with Gasteiger partial charge in [0.05, 0.1) is 0 Å². The molecule has 0 aromatic carbocycles. The van der Waals surface area contributed by atoms with Gasteiger partial charge in [0.1, 0.15) is 12.1 Å². The fraction of sp³-hybridized carbons (Fsp3) is 0.824. The summed E-state index contributed by atoms with van der Waals surface area (Å²) in [5.41, 5.74) is -0.725. The van der Waals surface area contributed by atoms with E-state index in [4.69, 9.17) is 0 Å². The Labute approximate surface area is 155 Å². The van der Waals surface area contributed by atoms with Crippen LogP contribution in [0.1, 0.15) is 44.9 Å². The molecule has 4 amide bonds. The highest BCUT2D eigenvalue weighted by molar-refractivity contribution is 6.09. The highest BCUT2D eigenvalue weighted by atomic mass is 35.5. The molecule has 3 aliphatic rings. The fourth-order valence-corrected chi connectivity index (χ4v) is 4.19. The fourth-order valence-electron chi connectivity index (χ4n) is 4.19. The summed E-state index contributed by atoms with van der Waals surface area (Å²) in [6, 6.07) is -0.404. The van der Waals surface area contributed by atoms with Crippen molar-refractivity contribution in [3.05, 3.63) is 0 Å². The van der Waals surface area contributed by atoms with Gasteiger partial charge in [0.25, 0.3) is 5.91 Å². The molecule has 1 saturated carbocycles. The molecule has 2 heterocycles. The summed E-state index contributed by atoms with van der Waals surface area (Å²) < 4.78 is 0. The molecule has 0 atom stereocenters. The Kier molecular flexibility index (Phi) is 6.68. The largest absolute Gasteiger partial charge is 0.341 e. The Bertz CT molecular complexity index is 514. The van der Waals surface area contributed by atoms with Gasteiger partial charge in [-0.3, -0.25) is 14.5 Å². The number of urea groups is 1. The zero-order valence-corrected chi connectivity index (χ0v) is 15.7. The molecule has 0 aromatic heterocycles. The molecule has 0 radical (unpaired) electrons. The Morgan fingerprint density at radius 3 is 2.48 bits per heavy atom. The maximum absolute atomic E-state index is 12.6. The van der Waals surface area contributed by atoms with Crippen molar-refractivity contribution in [1.29, 1.82) is 0 Å². The van der Waals surface area contributed by atoms with Crippen LogP contribution >= 0.6 is 12.4 Å². The lowest BCUT2D eigenvalue weighted by Gasteiger charge is -2.32. The predicted octanol–water partition coefficient (Wildman–Crippen LogP) is 1.12. The van der Waals surface area contributed by atoms with Crippen molar-refractivity contribution < 1.29 is 14.4 Å². The summed E-state index contributed by atoms with van der Waals surface area (Å²) in [6.07, 6.45) is 6.42. The number of hydrogen-bond acceptors (Lipinski definition) is 4. The number of carbonyl (C=O) groups excluding carboxylic acids is 3. The summed E-state index contributed by atoms with van der Waals surface area (Å²) in [7, 11) is 1.95. The van der Waals surface area contributed by atoms with E-state index in [2.05, 4.69) is 10.6 Å². The van der Waals surface area contributed by atoms with E-state index in [1.54, 1.807) is 4.90 Å². The second kappa shape index (κ2) is 8.36. The van der Waals surface area contributed by atoms with Gasteiger partial charge in [-0.25, -0.2) is 4.79 Å². The van der Waals surface area contributed by atoms with Gasteiger partial charge in [0.15, 0.2) is 0 Å². The molecule has 142 valence electrons. The summed E-state index contributed by atoms with van der Waals surface area (Å²) in [5, 5.41) is 5.99. The third-order valence-electron chi connectivity index (χ3n) is 5.77. The van der Waals surface area contributed by atoms with Crippen LogP contribution in [0, 0.1) is 5.92 Å². The molecular formula is C17H29ClN4O3.